The number of benzene rings is 2. The summed E-state index contributed by atoms with van der Waals surface area (Å²) in [7, 11) is 0. The van der Waals surface area contributed by atoms with E-state index in [-0.39, 0.29) is 12.3 Å². The maximum absolute atomic E-state index is 10.6. The zero-order valence-corrected chi connectivity index (χ0v) is 13.0. The fourth-order valence-corrected chi connectivity index (χ4v) is 2.13. The van der Waals surface area contributed by atoms with E-state index < -0.39 is 4.92 Å². The lowest BCUT2D eigenvalue weighted by Gasteiger charge is -2.01. The van der Waals surface area contributed by atoms with E-state index in [9.17, 15) is 10.1 Å². The molecule has 0 unspecified atom stereocenters. The molecule has 0 amide bonds. The van der Waals surface area contributed by atoms with Gasteiger partial charge in [-0.2, -0.15) is 4.98 Å². The lowest BCUT2D eigenvalue weighted by Crippen LogP contribution is -1.96. The van der Waals surface area contributed by atoms with Crippen LogP contribution < -0.4 is 4.74 Å². The first kappa shape index (κ1) is 15.7. The normalized spacial score (nSPS) is 10.5. The Labute approximate surface area is 138 Å². The van der Waals surface area contributed by atoms with Gasteiger partial charge in [0.05, 0.1) is 4.92 Å². The number of nitrogens with zero attached hydrogens (tertiary/aromatic N) is 3. The summed E-state index contributed by atoms with van der Waals surface area (Å²) in [6.45, 7) is 2.19. The van der Waals surface area contributed by atoms with Crippen molar-refractivity contribution in [3.8, 4) is 17.1 Å². The zero-order chi connectivity index (χ0) is 16.9. The molecule has 0 aliphatic carbocycles. The summed E-state index contributed by atoms with van der Waals surface area (Å²) in [6, 6.07) is 13.8. The van der Waals surface area contributed by atoms with Crippen molar-refractivity contribution in [3.63, 3.8) is 0 Å². The van der Waals surface area contributed by atoms with E-state index >= 15 is 0 Å². The Morgan fingerprint density at radius 1 is 1.12 bits per heavy atom. The summed E-state index contributed by atoms with van der Waals surface area (Å²) in [4.78, 5) is 14.4. The molecule has 3 aromatic rings. The Morgan fingerprint density at radius 3 is 2.46 bits per heavy atom. The molecular formula is C17H15N3O4. The molecule has 7 nitrogen and oxygen atoms in total. The number of nitro benzene ring substituents is 1. The number of aromatic nitrogens is 2. The molecule has 7 heteroatoms. The number of hydrogen-bond donors (Lipinski definition) is 0. The van der Waals surface area contributed by atoms with Gasteiger partial charge in [0, 0.05) is 17.7 Å². The van der Waals surface area contributed by atoms with Crippen LogP contribution in [0, 0.1) is 10.1 Å². The van der Waals surface area contributed by atoms with Crippen molar-refractivity contribution in [2.45, 2.75) is 20.0 Å². The zero-order valence-electron chi connectivity index (χ0n) is 13.0. The molecule has 0 bridgehead atoms. The van der Waals surface area contributed by atoms with Gasteiger partial charge in [0.25, 0.3) is 11.6 Å². The van der Waals surface area contributed by atoms with E-state index in [2.05, 4.69) is 17.1 Å². The molecule has 1 heterocycles. The lowest BCUT2D eigenvalue weighted by atomic mass is 10.1. The molecule has 0 aliphatic heterocycles. The van der Waals surface area contributed by atoms with Crippen molar-refractivity contribution in [3.05, 3.63) is 70.1 Å². The summed E-state index contributed by atoms with van der Waals surface area (Å²) < 4.78 is 10.7. The van der Waals surface area contributed by atoms with Gasteiger partial charge in [-0.05, 0) is 24.1 Å². The Kier molecular flexibility index (Phi) is 4.51. The van der Waals surface area contributed by atoms with Crippen LogP contribution in [0.5, 0.6) is 5.75 Å². The van der Waals surface area contributed by atoms with Gasteiger partial charge in [0.2, 0.25) is 5.82 Å². The van der Waals surface area contributed by atoms with Crippen molar-refractivity contribution in [1.82, 2.24) is 10.1 Å². The molecule has 0 saturated carbocycles. The largest absolute Gasteiger partial charge is 0.484 e. The highest BCUT2D eigenvalue weighted by Crippen LogP contribution is 2.20. The van der Waals surface area contributed by atoms with Crippen LogP contribution >= 0.6 is 0 Å². The van der Waals surface area contributed by atoms with Gasteiger partial charge < -0.3 is 9.26 Å². The number of aryl methyl sites for hydroxylation is 1. The van der Waals surface area contributed by atoms with Crippen molar-refractivity contribution in [1.29, 1.82) is 0 Å². The van der Waals surface area contributed by atoms with Crippen LogP contribution in [-0.4, -0.2) is 15.1 Å². The van der Waals surface area contributed by atoms with E-state index in [0.29, 0.717) is 17.5 Å². The van der Waals surface area contributed by atoms with Crippen LogP contribution in [-0.2, 0) is 13.0 Å². The third-order valence-corrected chi connectivity index (χ3v) is 3.50. The molecule has 0 spiro atoms. The van der Waals surface area contributed by atoms with E-state index in [0.717, 1.165) is 12.0 Å². The van der Waals surface area contributed by atoms with Gasteiger partial charge in [0.15, 0.2) is 6.61 Å². The standard InChI is InChI=1S/C17H15N3O4/c1-2-12-3-5-13(6-4-12)17-18-16(24-19-17)11-23-15-9-7-14(8-10-15)20(21)22/h3-10H,2,11H2,1H3. The second-order valence-corrected chi connectivity index (χ2v) is 5.10. The van der Waals surface area contributed by atoms with E-state index in [1.54, 1.807) is 0 Å². The molecule has 0 N–H and O–H groups in total. The molecular weight excluding hydrogens is 310 g/mol. The summed E-state index contributed by atoms with van der Waals surface area (Å²) in [5, 5.41) is 14.5. The summed E-state index contributed by atoms with van der Waals surface area (Å²) in [6.07, 6.45) is 0.973. The number of rotatable bonds is 6. The molecule has 122 valence electrons. The van der Waals surface area contributed by atoms with Gasteiger partial charge in [-0.3, -0.25) is 10.1 Å². The van der Waals surface area contributed by atoms with Crippen LogP contribution in [0.1, 0.15) is 18.4 Å². The number of non-ortho nitro benzene ring substituents is 1. The highest BCUT2D eigenvalue weighted by Gasteiger charge is 2.10. The molecule has 0 aliphatic rings. The molecule has 0 radical (unpaired) electrons. The Balaban J connectivity index is 1.64. The van der Waals surface area contributed by atoms with Gasteiger partial charge in [0.1, 0.15) is 5.75 Å². The van der Waals surface area contributed by atoms with Gasteiger partial charge in [-0.1, -0.05) is 36.3 Å². The molecule has 0 saturated heterocycles. The molecule has 24 heavy (non-hydrogen) atoms. The topological polar surface area (TPSA) is 91.3 Å². The maximum atomic E-state index is 10.6. The van der Waals surface area contributed by atoms with E-state index in [1.165, 1.54) is 29.8 Å². The summed E-state index contributed by atoms with van der Waals surface area (Å²) in [5.74, 6) is 1.33. The number of hydrogen-bond acceptors (Lipinski definition) is 6. The Hall–Kier alpha value is -3.22. The van der Waals surface area contributed by atoms with Crippen LogP contribution in [0.3, 0.4) is 0 Å². The predicted octanol–water partition coefficient (Wildman–Crippen LogP) is 3.79. The van der Waals surface area contributed by atoms with Gasteiger partial charge >= 0.3 is 0 Å². The third kappa shape index (κ3) is 3.57. The van der Waals surface area contributed by atoms with Crippen molar-refractivity contribution in [2.75, 3.05) is 0 Å². The fourth-order valence-electron chi connectivity index (χ4n) is 2.13. The Bertz CT molecular complexity index is 826. The van der Waals surface area contributed by atoms with E-state index in [4.69, 9.17) is 9.26 Å². The maximum Gasteiger partial charge on any atom is 0.269 e. The monoisotopic (exact) mass is 325 g/mol. The predicted molar refractivity (Wildman–Crippen MR) is 86.5 cm³/mol. The summed E-state index contributed by atoms with van der Waals surface area (Å²) in [5.41, 5.74) is 2.12. The first-order valence-corrected chi connectivity index (χ1v) is 7.45. The van der Waals surface area contributed by atoms with Crippen LogP contribution in [0.15, 0.2) is 53.1 Å². The first-order valence-electron chi connectivity index (χ1n) is 7.45. The van der Waals surface area contributed by atoms with Crippen LogP contribution in [0.25, 0.3) is 11.4 Å². The number of ether oxygens (including phenoxy) is 1. The van der Waals surface area contributed by atoms with Gasteiger partial charge in [-0.25, -0.2) is 0 Å². The molecule has 0 fully saturated rings. The molecule has 3 rings (SSSR count). The SMILES string of the molecule is CCc1ccc(-c2noc(COc3ccc([N+](=O)[O-])cc3)n2)cc1. The first-order chi connectivity index (χ1) is 11.7. The minimum atomic E-state index is -0.460. The molecule has 0 atom stereocenters. The lowest BCUT2D eigenvalue weighted by molar-refractivity contribution is -0.384. The van der Waals surface area contributed by atoms with Crippen LogP contribution in [0.4, 0.5) is 5.69 Å². The minimum absolute atomic E-state index is 0.0120. The smallest absolute Gasteiger partial charge is 0.269 e. The molecule has 2 aromatic carbocycles. The van der Waals surface area contributed by atoms with Crippen LogP contribution in [0.2, 0.25) is 0 Å². The third-order valence-electron chi connectivity index (χ3n) is 3.50. The van der Waals surface area contributed by atoms with Crippen molar-refractivity contribution in [2.24, 2.45) is 0 Å². The second kappa shape index (κ2) is 6.91. The quantitative estimate of drug-likeness (QED) is 0.506. The fraction of sp³-hybridized carbons (Fsp3) is 0.176. The number of nitro groups is 1. The highest BCUT2D eigenvalue weighted by molar-refractivity contribution is 5.54. The highest BCUT2D eigenvalue weighted by atomic mass is 16.6. The second-order valence-electron chi connectivity index (χ2n) is 5.10. The van der Waals surface area contributed by atoms with E-state index in [1.807, 2.05) is 24.3 Å². The van der Waals surface area contributed by atoms with Gasteiger partial charge in [-0.15, -0.1) is 0 Å². The average molecular weight is 325 g/mol. The van der Waals surface area contributed by atoms with Crippen molar-refractivity contribution >= 4 is 5.69 Å². The average Bonchev–Trinajstić information content (AvgIpc) is 3.09. The summed E-state index contributed by atoms with van der Waals surface area (Å²) >= 11 is 0. The molecule has 1 aromatic heterocycles. The minimum Gasteiger partial charge on any atom is -0.484 e. The van der Waals surface area contributed by atoms with Crippen molar-refractivity contribution < 1.29 is 14.2 Å². The Morgan fingerprint density at radius 2 is 1.83 bits per heavy atom.